The van der Waals surface area contributed by atoms with Gasteiger partial charge >= 0.3 is 0 Å². The van der Waals surface area contributed by atoms with Crippen LogP contribution in [0.3, 0.4) is 0 Å². The maximum absolute atomic E-state index is 4.37. The van der Waals surface area contributed by atoms with E-state index in [1.807, 2.05) is 54.7 Å². The van der Waals surface area contributed by atoms with Crippen molar-refractivity contribution in [1.82, 2.24) is 9.97 Å². The van der Waals surface area contributed by atoms with Gasteiger partial charge in [0.25, 0.3) is 0 Å². The molecule has 0 aliphatic carbocycles. The van der Waals surface area contributed by atoms with Crippen molar-refractivity contribution >= 4 is 34.4 Å². The van der Waals surface area contributed by atoms with Crippen molar-refractivity contribution in [1.29, 1.82) is 0 Å². The third kappa shape index (κ3) is 3.20. The predicted octanol–water partition coefficient (Wildman–Crippen LogP) is 4.76. The minimum atomic E-state index is 0.999. The molecule has 0 spiro atoms. The maximum Gasteiger partial charge on any atom is 0.0795 e. The third-order valence-corrected chi connectivity index (χ3v) is 3.41. The fourth-order valence-corrected chi connectivity index (χ4v) is 2.30. The first-order valence-electron chi connectivity index (χ1n) is 6.67. The summed E-state index contributed by atoms with van der Waals surface area (Å²) in [6.45, 7) is 0. The van der Waals surface area contributed by atoms with E-state index in [-0.39, 0.29) is 0 Å². The van der Waals surface area contributed by atoms with Crippen LogP contribution in [0.15, 0.2) is 84.0 Å². The van der Waals surface area contributed by atoms with Crippen molar-refractivity contribution < 1.29 is 0 Å². The number of thiol groups is 1. The number of pyridine rings is 2. The van der Waals surface area contributed by atoms with Gasteiger partial charge in [-0.3, -0.25) is 9.97 Å². The molecule has 2 aromatic carbocycles. The van der Waals surface area contributed by atoms with Crippen LogP contribution in [0.1, 0.15) is 0 Å². The molecule has 2 nitrogen and oxygen atoms in total. The van der Waals surface area contributed by atoms with Gasteiger partial charge in [-0.1, -0.05) is 30.3 Å². The summed E-state index contributed by atoms with van der Waals surface area (Å²) in [5, 5.41) is 2.28. The molecule has 2 heterocycles. The van der Waals surface area contributed by atoms with E-state index in [0.717, 1.165) is 26.7 Å². The van der Waals surface area contributed by atoms with Crippen molar-refractivity contribution in [3.63, 3.8) is 0 Å². The maximum atomic E-state index is 4.37. The highest BCUT2D eigenvalue weighted by Gasteiger charge is 1.99. The molecule has 0 atom stereocenters. The second-order valence-electron chi connectivity index (χ2n) is 4.55. The highest BCUT2D eigenvalue weighted by atomic mass is 32.1. The molecule has 0 fully saturated rings. The standard InChI is InChI=1S/C12H8N2.C6H6S/c1-3-9-5-6-11-10(4-2-7-13-11)12(9)14-8-1;7-6-4-2-1-3-5-6/h1-8H;1-5,7H. The van der Waals surface area contributed by atoms with E-state index in [0.29, 0.717) is 0 Å². The van der Waals surface area contributed by atoms with E-state index in [1.165, 1.54) is 0 Å². The molecule has 4 aromatic rings. The molecule has 21 heavy (non-hydrogen) atoms. The largest absolute Gasteiger partial charge is 0.256 e. The molecule has 0 unspecified atom stereocenters. The van der Waals surface area contributed by atoms with Gasteiger partial charge < -0.3 is 0 Å². The molecule has 0 N–H and O–H groups in total. The van der Waals surface area contributed by atoms with Gasteiger partial charge in [0, 0.05) is 28.1 Å². The topological polar surface area (TPSA) is 25.8 Å². The Labute approximate surface area is 128 Å². The van der Waals surface area contributed by atoms with Crippen LogP contribution in [0.5, 0.6) is 0 Å². The number of fused-ring (bicyclic) bond motifs is 3. The molecule has 2 aromatic heterocycles. The van der Waals surface area contributed by atoms with Crippen LogP contribution in [0.4, 0.5) is 0 Å². The lowest BCUT2D eigenvalue weighted by atomic mass is 10.1. The van der Waals surface area contributed by atoms with Crippen LogP contribution < -0.4 is 0 Å². The lowest BCUT2D eigenvalue weighted by molar-refractivity contribution is 1.39. The number of aromatic nitrogens is 2. The highest BCUT2D eigenvalue weighted by Crippen LogP contribution is 2.20. The van der Waals surface area contributed by atoms with Gasteiger partial charge in [-0.05, 0) is 36.4 Å². The summed E-state index contributed by atoms with van der Waals surface area (Å²) < 4.78 is 0. The predicted molar refractivity (Wildman–Crippen MR) is 90.7 cm³/mol. The average molecular weight is 290 g/mol. The average Bonchev–Trinajstić information content (AvgIpc) is 2.56. The quantitative estimate of drug-likeness (QED) is 0.373. The first-order valence-corrected chi connectivity index (χ1v) is 7.12. The molecule has 0 saturated carbocycles. The van der Waals surface area contributed by atoms with Gasteiger partial charge in [0.05, 0.1) is 11.0 Å². The van der Waals surface area contributed by atoms with Gasteiger partial charge in [-0.2, -0.15) is 0 Å². The number of hydrogen-bond acceptors (Lipinski definition) is 3. The van der Waals surface area contributed by atoms with Crippen molar-refractivity contribution in [2.24, 2.45) is 0 Å². The highest BCUT2D eigenvalue weighted by molar-refractivity contribution is 7.80. The summed E-state index contributed by atoms with van der Waals surface area (Å²) in [5.74, 6) is 0. The summed E-state index contributed by atoms with van der Waals surface area (Å²) in [5.41, 5.74) is 2.02. The second-order valence-corrected chi connectivity index (χ2v) is 5.06. The molecule has 0 aliphatic rings. The minimum Gasteiger partial charge on any atom is -0.256 e. The van der Waals surface area contributed by atoms with Crippen LogP contribution >= 0.6 is 12.6 Å². The van der Waals surface area contributed by atoms with Crippen molar-refractivity contribution in [2.45, 2.75) is 4.90 Å². The first-order chi connectivity index (χ1) is 10.3. The Balaban J connectivity index is 0.000000160. The van der Waals surface area contributed by atoms with Gasteiger partial charge in [0.1, 0.15) is 0 Å². The molecule has 0 bridgehead atoms. The van der Waals surface area contributed by atoms with Crippen LogP contribution in [0, 0.1) is 0 Å². The number of hydrogen-bond donors (Lipinski definition) is 1. The smallest absolute Gasteiger partial charge is 0.0795 e. The summed E-state index contributed by atoms with van der Waals surface area (Å²) in [4.78, 5) is 9.68. The van der Waals surface area contributed by atoms with E-state index in [2.05, 4.69) is 40.8 Å². The molecular weight excluding hydrogens is 276 g/mol. The van der Waals surface area contributed by atoms with E-state index in [4.69, 9.17) is 0 Å². The zero-order valence-corrected chi connectivity index (χ0v) is 12.2. The van der Waals surface area contributed by atoms with Gasteiger partial charge in [-0.15, -0.1) is 12.6 Å². The monoisotopic (exact) mass is 290 g/mol. The van der Waals surface area contributed by atoms with Crippen molar-refractivity contribution in [3.05, 3.63) is 79.1 Å². The van der Waals surface area contributed by atoms with Gasteiger partial charge in [0.15, 0.2) is 0 Å². The molecular formula is C18H14N2S. The number of benzene rings is 2. The molecule has 3 heteroatoms. The van der Waals surface area contributed by atoms with Crippen LogP contribution in [-0.4, -0.2) is 9.97 Å². The first kappa shape index (κ1) is 13.6. The molecule has 102 valence electrons. The van der Waals surface area contributed by atoms with Crippen LogP contribution in [0.25, 0.3) is 21.8 Å². The van der Waals surface area contributed by atoms with Crippen LogP contribution in [0.2, 0.25) is 0 Å². The number of rotatable bonds is 0. The summed E-state index contributed by atoms with van der Waals surface area (Å²) >= 11 is 4.08. The second kappa shape index (κ2) is 6.37. The number of nitrogens with zero attached hydrogens (tertiary/aromatic N) is 2. The molecule has 0 saturated heterocycles. The molecule has 4 rings (SSSR count). The lowest BCUT2D eigenvalue weighted by Gasteiger charge is -2.00. The van der Waals surface area contributed by atoms with E-state index >= 15 is 0 Å². The molecule has 0 radical (unpaired) electrons. The zero-order valence-electron chi connectivity index (χ0n) is 11.3. The normalized spacial score (nSPS) is 10.1. The Hall–Kier alpha value is -2.39. The van der Waals surface area contributed by atoms with E-state index < -0.39 is 0 Å². The summed E-state index contributed by atoms with van der Waals surface area (Å²) in [6.07, 6.45) is 3.62. The SMILES string of the molecule is Sc1ccccc1.c1cnc2c(c1)ccc1ncccc12. The van der Waals surface area contributed by atoms with Crippen molar-refractivity contribution in [2.75, 3.05) is 0 Å². The zero-order chi connectivity index (χ0) is 14.5. The Kier molecular flexibility index (Phi) is 4.12. The molecule has 0 amide bonds. The van der Waals surface area contributed by atoms with E-state index in [9.17, 15) is 0 Å². The fourth-order valence-electron chi connectivity index (χ4n) is 2.12. The summed E-state index contributed by atoms with van der Waals surface area (Å²) in [6, 6.07) is 21.9. The summed E-state index contributed by atoms with van der Waals surface area (Å²) in [7, 11) is 0. The van der Waals surface area contributed by atoms with Gasteiger partial charge in [-0.25, -0.2) is 0 Å². The Bertz CT molecular complexity index is 805. The Morgan fingerprint density at radius 1 is 0.667 bits per heavy atom. The van der Waals surface area contributed by atoms with E-state index in [1.54, 1.807) is 6.20 Å². The van der Waals surface area contributed by atoms with Crippen molar-refractivity contribution in [3.8, 4) is 0 Å². The van der Waals surface area contributed by atoms with Gasteiger partial charge in [0.2, 0.25) is 0 Å². The van der Waals surface area contributed by atoms with Crippen LogP contribution in [-0.2, 0) is 0 Å². The molecule has 0 aliphatic heterocycles. The third-order valence-electron chi connectivity index (χ3n) is 3.11. The minimum absolute atomic E-state index is 0.999. The Morgan fingerprint density at radius 2 is 1.43 bits per heavy atom. The fraction of sp³-hybridized carbons (Fsp3) is 0. The Morgan fingerprint density at radius 3 is 2.19 bits per heavy atom. The lowest BCUT2D eigenvalue weighted by Crippen LogP contribution is -1.82.